The van der Waals surface area contributed by atoms with Crippen molar-refractivity contribution in [3.8, 4) is 17.6 Å². The fourth-order valence-electron chi connectivity index (χ4n) is 2.67. The zero-order valence-electron chi connectivity index (χ0n) is 14.5. The van der Waals surface area contributed by atoms with E-state index in [1.165, 1.54) is 13.2 Å². The number of methoxy groups -OCH3 is 1. The number of carbonyl (C=O) groups is 1. The van der Waals surface area contributed by atoms with E-state index in [1.807, 2.05) is 37.3 Å². The number of carbonyl (C=O) groups excluding carboxylic acids is 1. The highest BCUT2D eigenvalue weighted by molar-refractivity contribution is 6.08. The van der Waals surface area contributed by atoms with Gasteiger partial charge in [0.25, 0.3) is 0 Å². The lowest BCUT2D eigenvalue weighted by atomic mass is 10.1. The number of aryl methyl sites for hydroxylation is 1. The largest absolute Gasteiger partial charge is 0.493 e. The number of benzene rings is 2. The van der Waals surface area contributed by atoms with E-state index in [1.54, 1.807) is 24.3 Å². The van der Waals surface area contributed by atoms with Crippen molar-refractivity contribution in [2.45, 2.75) is 6.92 Å². The average molecular weight is 347 g/mol. The van der Waals surface area contributed by atoms with Gasteiger partial charge in [-0.05, 0) is 36.8 Å². The van der Waals surface area contributed by atoms with Gasteiger partial charge in [0.2, 0.25) is 5.78 Å². The summed E-state index contributed by atoms with van der Waals surface area (Å²) in [5.74, 6) is 1.10. The monoisotopic (exact) mass is 347 g/mol. The normalized spacial score (nSPS) is 10.8. The van der Waals surface area contributed by atoms with E-state index in [0.29, 0.717) is 22.8 Å². The topological polar surface area (TPSA) is 72.5 Å². The molecule has 26 heavy (non-hydrogen) atoms. The number of nitriles is 1. The number of allylic oxidation sites excluding steroid dienone is 1. The number of para-hydroxylation sites is 1. The molecule has 0 saturated carbocycles. The van der Waals surface area contributed by atoms with Gasteiger partial charge >= 0.3 is 0 Å². The highest BCUT2D eigenvalue weighted by Gasteiger charge is 2.15. The van der Waals surface area contributed by atoms with Gasteiger partial charge in [0.15, 0.2) is 23.9 Å². The lowest BCUT2D eigenvalue weighted by Crippen LogP contribution is -1.97. The van der Waals surface area contributed by atoms with Crippen LogP contribution in [0.5, 0.6) is 11.5 Å². The van der Waals surface area contributed by atoms with Gasteiger partial charge in [0.1, 0.15) is 11.7 Å². The maximum Gasteiger partial charge on any atom is 0.221 e. The summed E-state index contributed by atoms with van der Waals surface area (Å²) >= 11 is 0. The highest BCUT2D eigenvalue weighted by atomic mass is 16.5. The Hall–Kier alpha value is -3.52. The van der Waals surface area contributed by atoms with Crippen LogP contribution in [0.2, 0.25) is 0 Å². The number of ether oxygens (including phenoxy) is 2. The van der Waals surface area contributed by atoms with Crippen LogP contribution in [0.3, 0.4) is 0 Å². The third-order valence-corrected chi connectivity index (χ3v) is 3.97. The smallest absolute Gasteiger partial charge is 0.221 e. The average Bonchev–Trinajstić information content (AvgIpc) is 3.01. The van der Waals surface area contributed by atoms with Gasteiger partial charge in [0, 0.05) is 10.9 Å². The van der Waals surface area contributed by atoms with Crippen molar-refractivity contribution in [1.82, 2.24) is 0 Å². The Morgan fingerprint density at radius 1 is 1.23 bits per heavy atom. The molecule has 0 N–H and O–H groups in total. The molecule has 0 aliphatic rings. The molecule has 1 aromatic heterocycles. The Bertz CT molecular complexity index is 1020. The third kappa shape index (κ3) is 3.45. The van der Waals surface area contributed by atoms with Crippen LogP contribution in [0.4, 0.5) is 0 Å². The van der Waals surface area contributed by atoms with E-state index in [-0.39, 0.29) is 12.4 Å². The predicted molar refractivity (Wildman–Crippen MR) is 98.4 cm³/mol. The van der Waals surface area contributed by atoms with Gasteiger partial charge < -0.3 is 13.9 Å². The molecule has 0 aliphatic heterocycles. The number of nitrogens with zero attached hydrogens (tertiary/aromatic N) is 1. The van der Waals surface area contributed by atoms with Crippen molar-refractivity contribution < 1.29 is 18.7 Å². The molecule has 3 aromatic rings. The van der Waals surface area contributed by atoms with Crippen LogP contribution in [-0.2, 0) is 0 Å². The summed E-state index contributed by atoms with van der Waals surface area (Å²) in [6.07, 6.45) is 3.15. The summed E-state index contributed by atoms with van der Waals surface area (Å²) in [5.41, 5.74) is 2.30. The minimum absolute atomic E-state index is 0.0602. The molecule has 0 fully saturated rings. The number of hydrogen-bond acceptors (Lipinski definition) is 5. The van der Waals surface area contributed by atoms with Crippen LogP contribution < -0.4 is 9.47 Å². The van der Waals surface area contributed by atoms with E-state index < -0.39 is 0 Å². The van der Waals surface area contributed by atoms with Crippen molar-refractivity contribution >= 4 is 22.8 Å². The molecule has 0 radical (unpaired) electrons. The Labute approximate surface area is 151 Å². The number of rotatable bonds is 6. The zero-order chi connectivity index (χ0) is 18.5. The first-order valence-corrected chi connectivity index (χ1v) is 8.02. The first kappa shape index (κ1) is 17.3. The molecule has 2 aromatic carbocycles. The lowest BCUT2D eigenvalue weighted by molar-refractivity contribution is 0.102. The first-order valence-electron chi connectivity index (χ1n) is 8.02. The third-order valence-electron chi connectivity index (χ3n) is 3.97. The zero-order valence-corrected chi connectivity index (χ0v) is 14.5. The molecule has 0 unspecified atom stereocenters. The summed E-state index contributed by atoms with van der Waals surface area (Å²) in [5, 5.41) is 9.54. The molecule has 0 atom stereocenters. The van der Waals surface area contributed by atoms with Gasteiger partial charge in [-0.25, -0.2) is 0 Å². The van der Waals surface area contributed by atoms with Gasteiger partial charge in [-0.2, -0.15) is 5.26 Å². The minimum atomic E-state index is -0.206. The lowest BCUT2D eigenvalue weighted by Gasteiger charge is -2.08. The Morgan fingerprint density at radius 3 is 2.77 bits per heavy atom. The van der Waals surface area contributed by atoms with E-state index in [2.05, 4.69) is 0 Å². The molecular formula is C21H17NO4. The van der Waals surface area contributed by atoms with Crippen molar-refractivity contribution in [3.63, 3.8) is 0 Å². The van der Waals surface area contributed by atoms with Crippen molar-refractivity contribution in [3.05, 3.63) is 65.4 Å². The molecule has 130 valence electrons. The standard InChI is InChI=1S/C21H17NO4/c1-14-16-5-3-4-6-18(16)26-21(14)17(23)9-7-15-8-10-19(25-12-11-22)20(13-15)24-2/h3-10,13H,12H2,1-2H3/b9-7+. The summed E-state index contributed by atoms with van der Waals surface area (Å²) in [6, 6.07) is 14.7. The molecule has 0 saturated heterocycles. The second kappa shape index (κ2) is 7.58. The highest BCUT2D eigenvalue weighted by Crippen LogP contribution is 2.29. The van der Waals surface area contributed by atoms with Gasteiger partial charge in [-0.15, -0.1) is 0 Å². The molecule has 0 spiro atoms. The van der Waals surface area contributed by atoms with E-state index in [4.69, 9.17) is 19.2 Å². The van der Waals surface area contributed by atoms with E-state index in [0.717, 1.165) is 16.5 Å². The Morgan fingerprint density at radius 2 is 2.04 bits per heavy atom. The van der Waals surface area contributed by atoms with Gasteiger partial charge in [-0.3, -0.25) is 4.79 Å². The van der Waals surface area contributed by atoms with E-state index in [9.17, 15) is 4.79 Å². The molecular weight excluding hydrogens is 330 g/mol. The molecule has 3 rings (SSSR count). The fraction of sp³-hybridized carbons (Fsp3) is 0.143. The summed E-state index contributed by atoms with van der Waals surface area (Å²) in [6.45, 7) is 1.81. The Balaban J connectivity index is 1.83. The second-order valence-electron chi connectivity index (χ2n) is 5.61. The predicted octanol–water partition coefficient (Wildman–Crippen LogP) is 4.55. The van der Waals surface area contributed by atoms with Crippen LogP contribution in [0.1, 0.15) is 21.7 Å². The maximum absolute atomic E-state index is 12.5. The second-order valence-corrected chi connectivity index (χ2v) is 5.61. The Kier molecular flexibility index (Phi) is 5.04. The van der Waals surface area contributed by atoms with Crippen LogP contribution >= 0.6 is 0 Å². The van der Waals surface area contributed by atoms with Gasteiger partial charge in [-0.1, -0.05) is 30.3 Å². The summed E-state index contributed by atoms with van der Waals surface area (Å²) < 4.78 is 16.2. The summed E-state index contributed by atoms with van der Waals surface area (Å²) in [4.78, 5) is 12.5. The van der Waals surface area contributed by atoms with Crippen LogP contribution in [0.15, 0.2) is 53.0 Å². The van der Waals surface area contributed by atoms with Crippen LogP contribution in [-0.4, -0.2) is 19.5 Å². The number of furan rings is 1. The number of fused-ring (bicyclic) bond motifs is 1. The summed E-state index contributed by atoms with van der Waals surface area (Å²) in [7, 11) is 1.52. The molecule has 5 heteroatoms. The SMILES string of the molecule is COc1cc(/C=C/C(=O)c2oc3ccccc3c2C)ccc1OCC#N. The molecule has 0 aliphatic carbocycles. The van der Waals surface area contributed by atoms with E-state index >= 15 is 0 Å². The van der Waals surface area contributed by atoms with Crippen molar-refractivity contribution in [2.24, 2.45) is 0 Å². The molecule has 0 bridgehead atoms. The van der Waals surface area contributed by atoms with Crippen LogP contribution in [0, 0.1) is 18.3 Å². The molecule has 5 nitrogen and oxygen atoms in total. The fourth-order valence-corrected chi connectivity index (χ4v) is 2.67. The van der Waals surface area contributed by atoms with Crippen molar-refractivity contribution in [1.29, 1.82) is 5.26 Å². The first-order chi connectivity index (χ1) is 12.6. The number of hydrogen-bond donors (Lipinski definition) is 0. The van der Waals surface area contributed by atoms with Gasteiger partial charge in [0.05, 0.1) is 7.11 Å². The van der Waals surface area contributed by atoms with Crippen LogP contribution in [0.25, 0.3) is 17.0 Å². The van der Waals surface area contributed by atoms with Crippen molar-refractivity contribution in [2.75, 3.05) is 13.7 Å². The molecule has 0 amide bonds. The minimum Gasteiger partial charge on any atom is -0.493 e. The quantitative estimate of drug-likeness (QED) is 0.483. The maximum atomic E-state index is 12.5. The number of ketones is 1. The molecule has 1 heterocycles.